The van der Waals surface area contributed by atoms with Crippen LogP contribution in [0, 0.1) is 53.8 Å². The zero-order valence-electron chi connectivity index (χ0n) is 22.5. The number of amides is 1. The van der Waals surface area contributed by atoms with Crippen LogP contribution in [0.5, 0.6) is 0 Å². The minimum atomic E-state index is -1.08. The molecule has 1 aromatic carbocycles. The number of nitriles is 1. The number of fused-ring (bicyclic) bond motifs is 1. The van der Waals surface area contributed by atoms with Crippen LogP contribution in [0.25, 0.3) is 0 Å². The summed E-state index contributed by atoms with van der Waals surface area (Å²) in [6.45, 7) is 9.81. The molecule has 2 aliphatic rings. The molecule has 1 N–H and O–H groups in total. The van der Waals surface area contributed by atoms with Crippen molar-refractivity contribution in [3.05, 3.63) is 41.9 Å². The molecule has 0 bridgehead atoms. The molecule has 2 unspecified atom stereocenters. The average molecular weight is 748 g/mol. The fourth-order valence-electron chi connectivity index (χ4n) is 5.40. The fourth-order valence-corrected chi connectivity index (χ4v) is 5.40. The molecule has 0 spiro atoms. The zero-order chi connectivity index (χ0) is 26.5. The summed E-state index contributed by atoms with van der Waals surface area (Å²) in [5.41, 5.74) is 2.43. The number of anilines is 3. The topological polar surface area (TPSA) is 96.6 Å². The number of aliphatic hydroxyl groups is 1. The Morgan fingerprint density at radius 2 is 2.03 bits per heavy atom. The minimum absolute atomic E-state index is 0. The first-order chi connectivity index (χ1) is 17.1. The Balaban J connectivity index is 0.00000157. The summed E-state index contributed by atoms with van der Waals surface area (Å²) in [5, 5.41) is 19.4. The van der Waals surface area contributed by atoms with Crippen molar-refractivity contribution >= 4 is 32.8 Å². The summed E-state index contributed by atoms with van der Waals surface area (Å²) < 4.78 is 0. The molecular weight excluding hydrogens is 709 g/mol. The molecule has 1 aromatic heterocycles. The Bertz CT molecular complexity index is 1090. The fraction of sp³-hybridized carbons (Fsp3) is 0.556. The third-order valence-corrected chi connectivity index (χ3v) is 7.08. The van der Waals surface area contributed by atoms with Crippen LogP contribution < -0.4 is 14.7 Å². The van der Waals surface area contributed by atoms with Crippen LogP contribution in [0.15, 0.2) is 30.6 Å². The molecule has 37 heavy (non-hydrogen) atoms. The van der Waals surface area contributed by atoms with E-state index >= 15 is 0 Å². The van der Waals surface area contributed by atoms with Crippen LogP contribution in [0.2, 0.25) is 0 Å². The first-order valence-corrected chi connectivity index (χ1v) is 13.6. The van der Waals surface area contributed by atoms with Gasteiger partial charge in [-0.2, -0.15) is 5.26 Å². The van der Waals surface area contributed by atoms with Gasteiger partial charge >= 0.3 is 0 Å². The van der Waals surface area contributed by atoms with Crippen LogP contribution in [-0.4, -0.2) is 55.0 Å². The second-order valence-electron chi connectivity index (χ2n) is 10.6. The Morgan fingerprint density at radius 1 is 1.30 bits per heavy atom. The predicted octanol–water partition coefficient (Wildman–Crippen LogP) is 4.05. The summed E-state index contributed by atoms with van der Waals surface area (Å²) in [6.07, 6.45) is 9.35. The van der Waals surface area contributed by atoms with E-state index < -0.39 is 5.60 Å². The summed E-state index contributed by atoms with van der Waals surface area (Å²) in [4.78, 5) is 26.5. The largest absolute Gasteiger partial charge is 0.461 e. The molecule has 2 aromatic rings. The van der Waals surface area contributed by atoms with E-state index in [1.807, 2.05) is 31.3 Å². The molecule has 10 heteroatoms. The molecule has 4 rings (SSSR count). The van der Waals surface area contributed by atoms with Gasteiger partial charge in [0.25, 0.3) is 0 Å². The van der Waals surface area contributed by atoms with E-state index in [1.165, 1.54) is 17.3 Å². The van der Waals surface area contributed by atoms with Gasteiger partial charge in [-0.05, 0) is 75.4 Å². The van der Waals surface area contributed by atoms with Crippen molar-refractivity contribution in [3.63, 3.8) is 0 Å². The van der Waals surface area contributed by atoms with Gasteiger partial charge in [0.1, 0.15) is 5.60 Å². The molecule has 1 amide bonds. The molecule has 2 heterocycles. The Labute approximate surface area is 247 Å². The number of aromatic nitrogens is 2. The molecule has 1 aliphatic heterocycles. The number of rotatable bonds is 7. The Kier molecular flexibility index (Phi) is 11.4. The van der Waals surface area contributed by atoms with E-state index in [9.17, 15) is 15.2 Å². The number of benzene rings is 1. The number of hydrogen-bond acceptors (Lipinski definition) is 7. The third kappa shape index (κ3) is 7.67. The SMILES string of the molecule is CN1CN(C[C@@]2(C)CCCC(CN([C-]=O)c3cnc(C(C)(C)O)cn3)C2)c2cc(C#N)ccc21.CP.[U]. The zero-order valence-corrected chi connectivity index (χ0v) is 27.8. The molecular formula is C27H38N6O2PU-. The molecule has 1 saturated carbocycles. The maximum atomic E-state index is 11.8. The molecule has 8 nitrogen and oxygen atoms in total. The summed E-state index contributed by atoms with van der Waals surface area (Å²) in [7, 11) is 4.50. The maximum Gasteiger partial charge on any atom is 0.102 e. The first-order valence-electron chi connectivity index (χ1n) is 12.4. The number of hydrogen-bond donors (Lipinski definition) is 1. The van der Waals surface area contributed by atoms with E-state index in [0.29, 0.717) is 29.5 Å². The Hall–Kier alpha value is -1.70. The summed E-state index contributed by atoms with van der Waals surface area (Å²) in [6, 6.07) is 8.15. The van der Waals surface area contributed by atoms with Gasteiger partial charge in [-0.25, -0.2) is 0 Å². The summed E-state index contributed by atoms with van der Waals surface area (Å²) >= 11 is 0. The Morgan fingerprint density at radius 3 is 2.62 bits per heavy atom. The van der Waals surface area contributed by atoms with Crippen LogP contribution in [0.1, 0.15) is 57.7 Å². The van der Waals surface area contributed by atoms with Crippen LogP contribution >= 0.6 is 9.24 Å². The van der Waals surface area contributed by atoms with Crippen LogP contribution in [0.4, 0.5) is 17.2 Å². The predicted molar refractivity (Wildman–Crippen MR) is 148 cm³/mol. The van der Waals surface area contributed by atoms with Gasteiger partial charge < -0.3 is 29.6 Å². The third-order valence-electron chi connectivity index (χ3n) is 7.08. The van der Waals surface area contributed by atoms with Gasteiger partial charge in [-0.1, -0.05) is 20.0 Å². The van der Waals surface area contributed by atoms with Crippen molar-refractivity contribution in [2.24, 2.45) is 11.3 Å². The van der Waals surface area contributed by atoms with Crippen molar-refractivity contribution in [1.29, 1.82) is 5.26 Å². The second-order valence-corrected chi connectivity index (χ2v) is 10.6. The molecule has 0 radical (unpaired) electrons. The smallest absolute Gasteiger partial charge is 0.102 e. The first kappa shape index (κ1) is 31.5. The van der Waals surface area contributed by atoms with E-state index in [0.717, 1.165) is 50.3 Å². The maximum absolute atomic E-state index is 11.8. The monoisotopic (exact) mass is 747 g/mol. The molecule has 1 aliphatic carbocycles. The van der Waals surface area contributed by atoms with Crippen molar-refractivity contribution in [1.82, 2.24) is 9.97 Å². The van der Waals surface area contributed by atoms with Crippen molar-refractivity contribution in [2.75, 3.05) is 48.2 Å². The van der Waals surface area contributed by atoms with Gasteiger partial charge in [-0.15, -0.1) is 9.24 Å². The number of carbonyl (C=O) groups excluding carboxylic acids is 1. The summed E-state index contributed by atoms with van der Waals surface area (Å²) in [5.74, 6) is 0.788. The molecule has 198 valence electrons. The van der Waals surface area contributed by atoms with Gasteiger partial charge in [0.2, 0.25) is 0 Å². The van der Waals surface area contributed by atoms with Crippen molar-refractivity contribution in [3.8, 4) is 6.07 Å². The second kappa shape index (κ2) is 13.4. The van der Waals surface area contributed by atoms with Gasteiger partial charge in [0.15, 0.2) is 0 Å². The number of nitrogens with zero attached hydrogens (tertiary/aromatic N) is 6. The minimum Gasteiger partial charge on any atom is -0.461 e. The van der Waals surface area contributed by atoms with E-state index in [1.54, 1.807) is 13.8 Å². The molecule has 0 saturated heterocycles. The quantitative estimate of drug-likeness (QED) is 0.260. The van der Waals surface area contributed by atoms with Crippen LogP contribution in [0.3, 0.4) is 0 Å². The van der Waals surface area contributed by atoms with E-state index in [4.69, 9.17) is 0 Å². The normalized spacial score (nSPS) is 20.6. The van der Waals surface area contributed by atoms with E-state index in [2.05, 4.69) is 49.0 Å². The van der Waals surface area contributed by atoms with E-state index in [-0.39, 0.29) is 36.5 Å². The van der Waals surface area contributed by atoms with Crippen LogP contribution in [-0.2, 0) is 10.4 Å². The molecule has 1 fully saturated rings. The standard InChI is InChI=1S/C26H33N6O2.CH5P.U/c1-25(2,34)23-13-29-24(14-28-23)31(18-33)15-20-6-5-9-26(3,11-20)16-32-17-30(4)21-8-7-19(12-27)10-22(21)32;1-2;/h7-8,10,13-14,20,34H,5-6,9,11,15-17H2,1-4H3;2H2,1H3;/q-1;;/t20?,26-;;/m0../s1. The van der Waals surface area contributed by atoms with Crippen molar-refractivity contribution < 1.29 is 41.0 Å². The average Bonchev–Trinajstić information content (AvgIpc) is 3.17. The van der Waals surface area contributed by atoms with Gasteiger partial charge in [-0.3, -0.25) is 4.98 Å². The van der Waals surface area contributed by atoms with Gasteiger partial charge in [0, 0.05) is 56.7 Å². The van der Waals surface area contributed by atoms with Crippen molar-refractivity contribution in [2.45, 2.75) is 52.1 Å². The molecule has 3 atom stereocenters. The van der Waals surface area contributed by atoms with Gasteiger partial charge in [0.05, 0.1) is 41.8 Å².